The maximum Gasteiger partial charge on any atom is 0.0392 e. The Labute approximate surface area is 90.1 Å². The van der Waals surface area contributed by atoms with Crippen LogP contribution >= 0.6 is 23.7 Å². The lowest BCUT2D eigenvalue weighted by molar-refractivity contribution is 0.673. The Bertz CT molecular complexity index is 257. The normalized spacial score (nSPS) is 11.8. The summed E-state index contributed by atoms with van der Waals surface area (Å²) in [5.41, 5.74) is 5.96. The second-order valence-electron chi connectivity index (χ2n) is 2.92. The SMILES string of the molecule is C=CCC[C@@H](N)c1ccc(C)s1.Cl. The zero-order chi connectivity index (χ0) is 8.97. The van der Waals surface area contributed by atoms with Crippen LogP contribution in [0.3, 0.4) is 0 Å². The van der Waals surface area contributed by atoms with Gasteiger partial charge in [-0.2, -0.15) is 0 Å². The fraction of sp³-hybridized carbons (Fsp3) is 0.400. The molecule has 0 fully saturated rings. The minimum Gasteiger partial charge on any atom is -0.323 e. The Hall–Kier alpha value is -0.310. The van der Waals surface area contributed by atoms with E-state index in [1.54, 1.807) is 11.3 Å². The molecule has 0 aliphatic rings. The van der Waals surface area contributed by atoms with Crippen molar-refractivity contribution in [3.8, 4) is 0 Å². The predicted molar refractivity (Wildman–Crippen MR) is 62.7 cm³/mol. The first-order chi connectivity index (χ1) is 5.74. The molecular formula is C10H16ClNS. The average molecular weight is 218 g/mol. The Balaban J connectivity index is 0.00000144. The quantitative estimate of drug-likeness (QED) is 0.769. The molecule has 3 heteroatoms. The van der Waals surface area contributed by atoms with Gasteiger partial charge in [0.1, 0.15) is 0 Å². The molecule has 2 N–H and O–H groups in total. The van der Waals surface area contributed by atoms with E-state index in [1.807, 2.05) is 6.08 Å². The van der Waals surface area contributed by atoms with Gasteiger partial charge in [-0.25, -0.2) is 0 Å². The molecule has 0 aliphatic heterocycles. The van der Waals surface area contributed by atoms with Gasteiger partial charge in [-0.3, -0.25) is 0 Å². The van der Waals surface area contributed by atoms with Gasteiger partial charge in [-0.15, -0.1) is 30.3 Å². The minimum absolute atomic E-state index is 0. The summed E-state index contributed by atoms with van der Waals surface area (Å²) in [6.45, 7) is 5.78. The van der Waals surface area contributed by atoms with Crippen LogP contribution in [-0.2, 0) is 0 Å². The van der Waals surface area contributed by atoms with E-state index in [1.165, 1.54) is 9.75 Å². The number of hydrogen-bond donors (Lipinski definition) is 1. The highest BCUT2D eigenvalue weighted by Crippen LogP contribution is 2.23. The van der Waals surface area contributed by atoms with Crippen LogP contribution in [0.25, 0.3) is 0 Å². The minimum atomic E-state index is 0. The van der Waals surface area contributed by atoms with Crippen LogP contribution in [0.15, 0.2) is 24.8 Å². The highest BCUT2D eigenvalue weighted by molar-refractivity contribution is 7.12. The molecule has 0 aromatic carbocycles. The lowest BCUT2D eigenvalue weighted by Crippen LogP contribution is -2.07. The van der Waals surface area contributed by atoms with E-state index in [-0.39, 0.29) is 18.4 Å². The molecule has 0 unspecified atom stereocenters. The number of thiophene rings is 1. The zero-order valence-electron chi connectivity index (χ0n) is 7.82. The summed E-state index contributed by atoms with van der Waals surface area (Å²) in [5, 5.41) is 0. The van der Waals surface area contributed by atoms with E-state index in [2.05, 4.69) is 25.6 Å². The second-order valence-corrected chi connectivity index (χ2v) is 4.24. The van der Waals surface area contributed by atoms with Gasteiger partial charge in [0, 0.05) is 15.8 Å². The highest BCUT2D eigenvalue weighted by Gasteiger charge is 2.06. The predicted octanol–water partition coefficient (Wildman–Crippen LogP) is 3.44. The van der Waals surface area contributed by atoms with Crippen molar-refractivity contribution in [2.45, 2.75) is 25.8 Å². The van der Waals surface area contributed by atoms with Crippen molar-refractivity contribution in [2.24, 2.45) is 5.73 Å². The van der Waals surface area contributed by atoms with Crippen LogP contribution in [0.2, 0.25) is 0 Å². The van der Waals surface area contributed by atoms with Crippen molar-refractivity contribution in [1.82, 2.24) is 0 Å². The molecule has 74 valence electrons. The van der Waals surface area contributed by atoms with Crippen LogP contribution in [-0.4, -0.2) is 0 Å². The second kappa shape index (κ2) is 6.19. The molecule has 1 heterocycles. The third-order valence-corrected chi connectivity index (χ3v) is 2.94. The lowest BCUT2D eigenvalue weighted by Gasteiger charge is -2.06. The van der Waals surface area contributed by atoms with Crippen molar-refractivity contribution < 1.29 is 0 Å². The summed E-state index contributed by atoms with van der Waals surface area (Å²) < 4.78 is 0. The molecule has 1 rings (SSSR count). The Morgan fingerprint density at radius 1 is 1.62 bits per heavy atom. The summed E-state index contributed by atoms with van der Waals surface area (Å²) in [6, 6.07) is 4.43. The number of halogens is 1. The molecule has 0 saturated carbocycles. The standard InChI is InChI=1S/C10H15NS.ClH/c1-3-4-5-9(11)10-7-6-8(2)12-10;/h3,6-7,9H,1,4-5,11H2,2H3;1H/t9-;/m1./s1. The Kier molecular flexibility index (Phi) is 6.04. The zero-order valence-corrected chi connectivity index (χ0v) is 9.46. The van der Waals surface area contributed by atoms with Crippen molar-refractivity contribution in [2.75, 3.05) is 0 Å². The molecule has 1 aromatic heterocycles. The van der Waals surface area contributed by atoms with Gasteiger partial charge in [0.05, 0.1) is 0 Å². The molecule has 0 spiro atoms. The number of allylic oxidation sites excluding steroid dienone is 1. The molecule has 0 radical (unpaired) electrons. The summed E-state index contributed by atoms with van der Waals surface area (Å²) in [5.74, 6) is 0. The Morgan fingerprint density at radius 3 is 2.77 bits per heavy atom. The van der Waals surface area contributed by atoms with E-state index in [4.69, 9.17) is 5.73 Å². The topological polar surface area (TPSA) is 26.0 Å². The van der Waals surface area contributed by atoms with Crippen LogP contribution in [0.5, 0.6) is 0 Å². The fourth-order valence-corrected chi connectivity index (χ4v) is 2.01. The molecular weight excluding hydrogens is 202 g/mol. The smallest absolute Gasteiger partial charge is 0.0392 e. The van der Waals surface area contributed by atoms with Gasteiger partial charge in [0.15, 0.2) is 0 Å². The third-order valence-electron chi connectivity index (χ3n) is 1.81. The number of hydrogen-bond acceptors (Lipinski definition) is 2. The third kappa shape index (κ3) is 3.94. The van der Waals surface area contributed by atoms with E-state index in [0.29, 0.717) is 0 Å². The summed E-state index contributed by atoms with van der Waals surface area (Å²) in [6.07, 6.45) is 3.92. The largest absolute Gasteiger partial charge is 0.323 e. The van der Waals surface area contributed by atoms with Crippen molar-refractivity contribution >= 4 is 23.7 Å². The molecule has 0 saturated heterocycles. The molecule has 0 aliphatic carbocycles. The molecule has 1 atom stereocenters. The average Bonchev–Trinajstić information content (AvgIpc) is 2.47. The number of rotatable bonds is 4. The van der Waals surface area contributed by atoms with Crippen LogP contribution in [0, 0.1) is 6.92 Å². The first-order valence-corrected chi connectivity index (χ1v) is 4.98. The van der Waals surface area contributed by atoms with E-state index in [9.17, 15) is 0 Å². The molecule has 0 bridgehead atoms. The van der Waals surface area contributed by atoms with Gasteiger partial charge < -0.3 is 5.73 Å². The number of nitrogens with two attached hydrogens (primary N) is 1. The van der Waals surface area contributed by atoms with Gasteiger partial charge in [-0.1, -0.05) is 6.08 Å². The first-order valence-electron chi connectivity index (χ1n) is 4.17. The van der Waals surface area contributed by atoms with Crippen molar-refractivity contribution in [3.05, 3.63) is 34.5 Å². The van der Waals surface area contributed by atoms with Gasteiger partial charge in [-0.05, 0) is 31.9 Å². The molecule has 13 heavy (non-hydrogen) atoms. The van der Waals surface area contributed by atoms with E-state index < -0.39 is 0 Å². The summed E-state index contributed by atoms with van der Waals surface area (Å²) in [7, 11) is 0. The van der Waals surface area contributed by atoms with Gasteiger partial charge in [0.2, 0.25) is 0 Å². The molecule has 1 aromatic rings. The van der Waals surface area contributed by atoms with Gasteiger partial charge >= 0.3 is 0 Å². The van der Waals surface area contributed by atoms with E-state index in [0.717, 1.165) is 12.8 Å². The summed E-state index contributed by atoms with van der Waals surface area (Å²) >= 11 is 1.79. The Morgan fingerprint density at radius 2 is 2.31 bits per heavy atom. The van der Waals surface area contributed by atoms with Crippen LogP contribution in [0.4, 0.5) is 0 Å². The molecule has 1 nitrogen and oxygen atoms in total. The van der Waals surface area contributed by atoms with Crippen LogP contribution < -0.4 is 5.73 Å². The first kappa shape index (κ1) is 12.7. The fourth-order valence-electron chi connectivity index (χ4n) is 1.09. The maximum atomic E-state index is 5.96. The van der Waals surface area contributed by atoms with Crippen LogP contribution in [0.1, 0.15) is 28.6 Å². The summed E-state index contributed by atoms with van der Waals surface area (Å²) in [4.78, 5) is 2.62. The van der Waals surface area contributed by atoms with Gasteiger partial charge in [0.25, 0.3) is 0 Å². The lowest BCUT2D eigenvalue weighted by atomic mass is 10.1. The number of aryl methyl sites for hydroxylation is 1. The van der Waals surface area contributed by atoms with Crippen molar-refractivity contribution in [1.29, 1.82) is 0 Å². The monoisotopic (exact) mass is 217 g/mol. The van der Waals surface area contributed by atoms with Crippen molar-refractivity contribution in [3.63, 3.8) is 0 Å². The molecule has 0 amide bonds. The van der Waals surface area contributed by atoms with E-state index >= 15 is 0 Å². The highest BCUT2D eigenvalue weighted by atomic mass is 35.5. The maximum absolute atomic E-state index is 5.96.